The Bertz CT molecular complexity index is 1510. The lowest BCUT2D eigenvalue weighted by atomic mass is 9.95. The van der Waals surface area contributed by atoms with Crippen LogP contribution in [0.4, 0.5) is 4.39 Å². The first-order valence-electron chi connectivity index (χ1n) is 12.5. The van der Waals surface area contributed by atoms with E-state index in [1.54, 1.807) is 36.1 Å². The number of fused-ring (bicyclic) bond motifs is 1. The van der Waals surface area contributed by atoms with Crippen LogP contribution in [0.1, 0.15) is 36.8 Å². The normalized spacial score (nSPS) is 22.4. The number of rotatable bonds is 6. The van der Waals surface area contributed by atoms with Crippen LogP contribution in [0.3, 0.4) is 0 Å². The van der Waals surface area contributed by atoms with E-state index < -0.39 is 5.54 Å². The van der Waals surface area contributed by atoms with Crippen LogP contribution in [-0.2, 0) is 12.6 Å². The Morgan fingerprint density at radius 2 is 1.97 bits per heavy atom. The second-order valence-corrected chi connectivity index (χ2v) is 11.0. The fourth-order valence-corrected chi connectivity index (χ4v) is 5.33. The summed E-state index contributed by atoms with van der Waals surface area (Å²) in [6.07, 6.45) is 2.94. The summed E-state index contributed by atoms with van der Waals surface area (Å²) < 4.78 is 26.8. The van der Waals surface area contributed by atoms with E-state index in [2.05, 4.69) is 17.0 Å². The van der Waals surface area contributed by atoms with Gasteiger partial charge in [-0.1, -0.05) is 6.92 Å². The maximum Gasteiger partial charge on any atom is 0.272 e. The summed E-state index contributed by atoms with van der Waals surface area (Å²) >= 11 is 0. The first kappa shape index (κ1) is 24.3. The number of likely N-dealkylation sites (tertiary alicyclic amines) is 1. The molecule has 1 saturated carbocycles. The molecule has 196 valence electrons. The van der Waals surface area contributed by atoms with Crippen LogP contribution >= 0.6 is 0 Å². The van der Waals surface area contributed by atoms with Gasteiger partial charge < -0.3 is 19.8 Å². The second kappa shape index (κ2) is 8.49. The smallest absolute Gasteiger partial charge is 0.272 e. The highest BCUT2D eigenvalue weighted by atomic mass is 19.1. The summed E-state index contributed by atoms with van der Waals surface area (Å²) in [7, 11) is 1.74. The van der Waals surface area contributed by atoms with Gasteiger partial charge in [0, 0.05) is 54.7 Å². The molecule has 0 bridgehead atoms. The minimum atomic E-state index is -0.616. The van der Waals surface area contributed by atoms with Crippen LogP contribution in [-0.4, -0.2) is 49.7 Å². The quantitative estimate of drug-likeness (QED) is 0.412. The van der Waals surface area contributed by atoms with Crippen molar-refractivity contribution in [2.75, 3.05) is 13.1 Å². The Balaban J connectivity index is 1.19. The van der Waals surface area contributed by atoms with Crippen molar-refractivity contribution in [1.82, 2.24) is 24.6 Å². The molecule has 3 aromatic heterocycles. The molecule has 1 amide bonds. The standard InChI is InChI=1S/C28H29FN6O3/c1-27(2,30)17-11-20(16-5-7-18(29)8-6-16)32-23(12-17)38-24-19-14-35(15-28(19,24)3)26(36)22-13-21(33-34(22)4)25-31-9-10-37-25/h5-13,19,24H,14-15,30H2,1-4H3/t19-,24-,28-/m0/s1. The number of hydrogen-bond donors (Lipinski definition) is 1. The number of benzene rings is 1. The van der Waals surface area contributed by atoms with Gasteiger partial charge in [0.2, 0.25) is 11.8 Å². The molecule has 3 atom stereocenters. The molecule has 0 unspecified atom stereocenters. The average molecular weight is 517 g/mol. The summed E-state index contributed by atoms with van der Waals surface area (Å²) in [5.74, 6) is 0.629. The zero-order valence-corrected chi connectivity index (χ0v) is 21.7. The summed E-state index contributed by atoms with van der Waals surface area (Å²) in [6, 6.07) is 11.7. The first-order valence-corrected chi connectivity index (χ1v) is 12.5. The third-order valence-electron chi connectivity index (χ3n) is 7.67. The minimum Gasteiger partial charge on any atom is -0.473 e. The Morgan fingerprint density at radius 3 is 2.61 bits per heavy atom. The summed E-state index contributed by atoms with van der Waals surface area (Å²) in [6.45, 7) is 7.11. The van der Waals surface area contributed by atoms with Crippen molar-refractivity contribution in [3.05, 3.63) is 72.0 Å². The van der Waals surface area contributed by atoms with Crippen LogP contribution in [0.25, 0.3) is 22.8 Å². The van der Waals surface area contributed by atoms with E-state index in [1.807, 2.05) is 30.9 Å². The SMILES string of the molecule is Cn1nc(-c2ncco2)cc1C(=O)N1C[C@H]2[C@H](Oc3cc(C(C)(C)N)cc(-c4ccc(F)cc4)n3)[C@@]2(C)C1. The Kier molecular flexibility index (Phi) is 5.43. The Hall–Kier alpha value is -4.05. The first-order chi connectivity index (χ1) is 18.0. The summed E-state index contributed by atoms with van der Waals surface area (Å²) in [4.78, 5) is 24.0. The van der Waals surface area contributed by atoms with E-state index in [1.165, 1.54) is 18.4 Å². The number of carbonyl (C=O) groups is 1. The summed E-state index contributed by atoms with van der Waals surface area (Å²) in [5.41, 5.74) is 8.91. The highest BCUT2D eigenvalue weighted by Crippen LogP contribution is 2.59. The maximum absolute atomic E-state index is 13.5. The highest BCUT2D eigenvalue weighted by molar-refractivity contribution is 5.94. The predicted octanol–water partition coefficient (Wildman–Crippen LogP) is 4.01. The van der Waals surface area contributed by atoms with Crippen molar-refractivity contribution in [2.24, 2.45) is 24.1 Å². The van der Waals surface area contributed by atoms with E-state index in [9.17, 15) is 9.18 Å². The van der Waals surface area contributed by atoms with Gasteiger partial charge in [-0.15, -0.1) is 0 Å². The Morgan fingerprint density at radius 1 is 1.21 bits per heavy atom. The van der Waals surface area contributed by atoms with Crippen LogP contribution in [0.2, 0.25) is 0 Å². The van der Waals surface area contributed by atoms with Crippen molar-refractivity contribution < 1.29 is 18.3 Å². The van der Waals surface area contributed by atoms with Crippen molar-refractivity contribution in [3.63, 3.8) is 0 Å². The molecule has 1 aliphatic heterocycles. The lowest BCUT2D eigenvalue weighted by Gasteiger charge is -2.24. The molecule has 1 saturated heterocycles. The van der Waals surface area contributed by atoms with Crippen LogP contribution in [0, 0.1) is 17.2 Å². The van der Waals surface area contributed by atoms with Crippen LogP contribution < -0.4 is 10.5 Å². The molecule has 0 radical (unpaired) electrons. The molecule has 38 heavy (non-hydrogen) atoms. The fourth-order valence-electron chi connectivity index (χ4n) is 5.33. The molecule has 10 heteroatoms. The number of amides is 1. The number of nitrogens with two attached hydrogens (primary N) is 1. The third-order valence-corrected chi connectivity index (χ3v) is 7.67. The van der Waals surface area contributed by atoms with Gasteiger partial charge in [-0.05, 0) is 49.7 Å². The highest BCUT2D eigenvalue weighted by Gasteiger charge is 2.69. The van der Waals surface area contributed by atoms with Crippen molar-refractivity contribution in [3.8, 4) is 28.7 Å². The van der Waals surface area contributed by atoms with E-state index >= 15 is 0 Å². The molecule has 2 aliphatic rings. The number of hydrogen-bond acceptors (Lipinski definition) is 7. The molecule has 4 aromatic rings. The van der Waals surface area contributed by atoms with E-state index in [4.69, 9.17) is 19.9 Å². The molecule has 0 spiro atoms. The number of aryl methyl sites for hydroxylation is 1. The number of aromatic nitrogens is 4. The monoisotopic (exact) mass is 516 g/mol. The van der Waals surface area contributed by atoms with Gasteiger partial charge in [-0.3, -0.25) is 9.48 Å². The van der Waals surface area contributed by atoms with Gasteiger partial charge in [0.25, 0.3) is 5.91 Å². The number of halogens is 1. The molecule has 1 aliphatic carbocycles. The molecule has 4 heterocycles. The zero-order chi connectivity index (χ0) is 26.8. The fraction of sp³-hybridized carbons (Fsp3) is 0.357. The summed E-state index contributed by atoms with van der Waals surface area (Å²) in [5, 5.41) is 4.38. The maximum atomic E-state index is 13.5. The molecule has 2 fully saturated rings. The second-order valence-electron chi connectivity index (χ2n) is 11.0. The van der Waals surface area contributed by atoms with Gasteiger partial charge in [0.15, 0.2) is 0 Å². The van der Waals surface area contributed by atoms with E-state index in [0.29, 0.717) is 41.9 Å². The van der Waals surface area contributed by atoms with Crippen LogP contribution in [0.5, 0.6) is 5.88 Å². The lowest BCUT2D eigenvalue weighted by molar-refractivity contribution is 0.0721. The van der Waals surface area contributed by atoms with Gasteiger partial charge >= 0.3 is 0 Å². The topological polar surface area (TPSA) is 112 Å². The molecule has 1 aromatic carbocycles. The average Bonchev–Trinajstić information content (AvgIpc) is 3.41. The molecular formula is C28H29FN6O3. The number of piperidine rings is 1. The van der Waals surface area contributed by atoms with Gasteiger partial charge in [-0.2, -0.15) is 5.10 Å². The van der Waals surface area contributed by atoms with Gasteiger partial charge in [-0.25, -0.2) is 14.4 Å². The van der Waals surface area contributed by atoms with Crippen LogP contribution in [0.15, 0.2) is 59.3 Å². The van der Waals surface area contributed by atoms with E-state index in [-0.39, 0.29) is 29.2 Å². The Labute approximate surface area is 219 Å². The molecule has 6 rings (SSSR count). The van der Waals surface area contributed by atoms with Crippen molar-refractivity contribution >= 4 is 5.91 Å². The molecule has 9 nitrogen and oxygen atoms in total. The van der Waals surface area contributed by atoms with Crippen molar-refractivity contribution in [2.45, 2.75) is 32.4 Å². The zero-order valence-electron chi connectivity index (χ0n) is 21.7. The minimum absolute atomic E-state index is 0.0781. The lowest BCUT2D eigenvalue weighted by Crippen LogP contribution is -2.36. The molecule has 2 N–H and O–H groups in total. The third kappa shape index (κ3) is 4.14. The number of nitrogens with zero attached hydrogens (tertiary/aromatic N) is 5. The largest absolute Gasteiger partial charge is 0.473 e. The number of carbonyl (C=O) groups excluding carboxylic acids is 1. The van der Waals surface area contributed by atoms with Gasteiger partial charge in [0.05, 0.1) is 11.9 Å². The number of oxazole rings is 1. The predicted molar refractivity (Wildman–Crippen MR) is 137 cm³/mol. The molecular weight excluding hydrogens is 487 g/mol. The van der Waals surface area contributed by atoms with Gasteiger partial charge in [0.1, 0.15) is 29.6 Å². The van der Waals surface area contributed by atoms with Crippen molar-refractivity contribution in [1.29, 1.82) is 0 Å². The number of ether oxygens (including phenoxy) is 1. The number of pyridine rings is 1. The van der Waals surface area contributed by atoms with E-state index in [0.717, 1.165) is 11.1 Å².